The lowest BCUT2D eigenvalue weighted by Gasteiger charge is -2.18. The predicted molar refractivity (Wildman–Crippen MR) is 72.2 cm³/mol. The average molecular weight is 261 g/mol. The van der Waals surface area contributed by atoms with Crippen LogP contribution in [0.15, 0.2) is 18.2 Å². The van der Waals surface area contributed by atoms with Crippen LogP contribution in [0.5, 0.6) is 5.75 Å². The summed E-state index contributed by atoms with van der Waals surface area (Å²) in [4.78, 5) is 11.6. The van der Waals surface area contributed by atoms with Gasteiger partial charge in [-0.1, -0.05) is 0 Å². The number of phenols is 1. The largest absolute Gasteiger partial charge is 0.508 e. The molecule has 2 aliphatic rings. The van der Waals surface area contributed by atoms with E-state index in [9.17, 15) is 9.90 Å². The molecular formula is C15H19NO3. The Morgan fingerprint density at radius 2 is 2.32 bits per heavy atom. The molecule has 3 rings (SSSR count). The standard InChI is InChI=1S/C15H19NO3/c1-2-19-14(18)7-9-3-5-11-12-8-10(17)4-6-13(12)16-15(9)11/h4,6,8-9,11,15-17H,2-3,5,7H2,1H3. The Morgan fingerprint density at radius 1 is 1.47 bits per heavy atom. The number of rotatable bonds is 3. The lowest BCUT2D eigenvalue weighted by atomic mass is 9.93. The predicted octanol–water partition coefficient (Wildman–Crippen LogP) is 2.63. The molecule has 1 aromatic carbocycles. The fourth-order valence-electron chi connectivity index (χ4n) is 3.48. The zero-order chi connectivity index (χ0) is 13.4. The van der Waals surface area contributed by atoms with E-state index in [1.807, 2.05) is 19.1 Å². The molecule has 0 bridgehead atoms. The maximum absolute atomic E-state index is 11.6. The fourth-order valence-corrected chi connectivity index (χ4v) is 3.48. The molecule has 2 N–H and O–H groups in total. The van der Waals surface area contributed by atoms with Crippen LogP contribution < -0.4 is 5.32 Å². The van der Waals surface area contributed by atoms with Crippen LogP contribution in [0.25, 0.3) is 0 Å². The fraction of sp³-hybridized carbons (Fsp3) is 0.533. The SMILES string of the molecule is CCOC(=O)CC1CCC2c3cc(O)ccc3NC12. The number of ether oxygens (including phenoxy) is 1. The second-order valence-corrected chi connectivity index (χ2v) is 5.39. The second-order valence-electron chi connectivity index (χ2n) is 5.39. The molecule has 1 heterocycles. The van der Waals surface area contributed by atoms with E-state index >= 15 is 0 Å². The average Bonchev–Trinajstić information content (AvgIpc) is 2.90. The van der Waals surface area contributed by atoms with Crippen molar-refractivity contribution >= 4 is 11.7 Å². The molecule has 102 valence electrons. The van der Waals surface area contributed by atoms with Crippen LogP contribution in [0, 0.1) is 5.92 Å². The normalized spacial score (nSPS) is 27.5. The number of phenolic OH excluding ortho intramolecular Hbond substituents is 1. The van der Waals surface area contributed by atoms with E-state index in [-0.39, 0.29) is 5.97 Å². The van der Waals surface area contributed by atoms with Crippen molar-refractivity contribution < 1.29 is 14.6 Å². The van der Waals surface area contributed by atoms with E-state index in [1.165, 1.54) is 5.56 Å². The summed E-state index contributed by atoms with van der Waals surface area (Å²) in [6.45, 7) is 2.28. The van der Waals surface area contributed by atoms with Crippen molar-refractivity contribution in [3.05, 3.63) is 23.8 Å². The number of hydrogen-bond acceptors (Lipinski definition) is 4. The van der Waals surface area contributed by atoms with Crippen molar-refractivity contribution in [1.29, 1.82) is 0 Å². The molecule has 0 aromatic heterocycles. The number of esters is 1. The molecular weight excluding hydrogens is 242 g/mol. The Hall–Kier alpha value is -1.71. The summed E-state index contributed by atoms with van der Waals surface area (Å²) in [5, 5.41) is 13.1. The van der Waals surface area contributed by atoms with Crippen LogP contribution in [0.1, 0.15) is 37.7 Å². The van der Waals surface area contributed by atoms with Gasteiger partial charge < -0.3 is 15.2 Å². The lowest BCUT2D eigenvalue weighted by Crippen LogP contribution is -2.26. The van der Waals surface area contributed by atoms with Crippen molar-refractivity contribution in [2.75, 3.05) is 11.9 Å². The van der Waals surface area contributed by atoms with Crippen molar-refractivity contribution in [2.24, 2.45) is 5.92 Å². The van der Waals surface area contributed by atoms with Gasteiger partial charge in [-0.3, -0.25) is 4.79 Å². The maximum atomic E-state index is 11.6. The number of carbonyl (C=O) groups is 1. The van der Waals surface area contributed by atoms with Crippen LogP contribution in [0.4, 0.5) is 5.69 Å². The van der Waals surface area contributed by atoms with Gasteiger partial charge in [-0.2, -0.15) is 0 Å². The lowest BCUT2D eigenvalue weighted by molar-refractivity contribution is -0.144. The van der Waals surface area contributed by atoms with E-state index in [0.29, 0.717) is 36.7 Å². The monoisotopic (exact) mass is 261 g/mol. The Morgan fingerprint density at radius 3 is 3.11 bits per heavy atom. The van der Waals surface area contributed by atoms with Crippen molar-refractivity contribution in [1.82, 2.24) is 0 Å². The number of benzene rings is 1. The summed E-state index contributed by atoms with van der Waals surface area (Å²) in [5.74, 6) is 0.962. The highest BCUT2D eigenvalue weighted by Gasteiger charge is 2.43. The first kappa shape index (κ1) is 12.3. The van der Waals surface area contributed by atoms with Crippen molar-refractivity contribution in [3.63, 3.8) is 0 Å². The highest BCUT2D eigenvalue weighted by Crippen LogP contribution is 2.49. The van der Waals surface area contributed by atoms with E-state index < -0.39 is 0 Å². The second kappa shape index (κ2) is 4.76. The van der Waals surface area contributed by atoms with Gasteiger partial charge in [0.15, 0.2) is 0 Å². The van der Waals surface area contributed by atoms with Gasteiger partial charge in [-0.15, -0.1) is 0 Å². The smallest absolute Gasteiger partial charge is 0.306 e. The van der Waals surface area contributed by atoms with Crippen molar-refractivity contribution in [2.45, 2.75) is 38.1 Å². The van der Waals surface area contributed by atoms with E-state index in [0.717, 1.165) is 18.5 Å². The Bertz CT molecular complexity index is 500. The molecule has 0 saturated heterocycles. The molecule has 0 amide bonds. The third kappa shape index (κ3) is 2.15. The molecule has 0 spiro atoms. The molecule has 1 fully saturated rings. The van der Waals surface area contributed by atoms with E-state index in [4.69, 9.17) is 4.74 Å². The number of fused-ring (bicyclic) bond motifs is 3. The first-order chi connectivity index (χ1) is 9.19. The molecule has 1 aliphatic carbocycles. The number of aromatic hydroxyl groups is 1. The molecule has 4 heteroatoms. The van der Waals surface area contributed by atoms with Gasteiger partial charge in [-0.25, -0.2) is 0 Å². The van der Waals surface area contributed by atoms with Crippen LogP contribution in [0.2, 0.25) is 0 Å². The van der Waals surface area contributed by atoms with Gasteiger partial charge in [-0.05, 0) is 49.4 Å². The Labute approximate surface area is 112 Å². The molecule has 1 aromatic rings. The van der Waals surface area contributed by atoms with Crippen molar-refractivity contribution in [3.8, 4) is 5.75 Å². The van der Waals surface area contributed by atoms with Crippen LogP contribution in [-0.2, 0) is 9.53 Å². The maximum Gasteiger partial charge on any atom is 0.306 e. The van der Waals surface area contributed by atoms with Gasteiger partial charge >= 0.3 is 5.97 Å². The van der Waals surface area contributed by atoms with E-state index in [1.54, 1.807) is 6.07 Å². The third-order valence-corrected chi connectivity index (χ3v) is 4.28. The van der Waals surface area contributed by atoms with Gasteiger partial charge in [0.1, 0.15) is 5.75 Å². The highest BCUT2D eigenvalue weighted by molar-refractivity contribution is 5.70. The van der Waals surface area contributed by atoms with Gasteiger partial charge in [0, 0.05) is 17.6 Å². The Kier molecular flexibility index (Phi) is 3.09. The quantitative estimate of drug-likeness (QED) is 0.648. The third-order valence-electron chi connectivity index (χ3n) is 4.28. The van der Waals surface area contributed by atoms with Gasteiger partial charge in [0.25, 0.3) is 0 Å². The topological polar surface area (TPSA) is 58.6 Å². The molecule has 1 aliphatic heterocycles. The number of carbonyl (C=O) groups excluding carboxylic acids is 1. The number of anilines is 1. The first-order valence-electron chi connectivity index (χ1n) is 6.94. The number of hydrogen-bond donors (Lipinski definition) is 2. The Balaban J connectivity index is 1.74. The summed E-state index contributed by atoms with van der Waals surface area (Å²) in [6.07, 6.45) is 2.59. The van der Waals surface area contributed by atoms with Crippen LogP contribution >= 0.6 is 0 Å². The molecule has 4 nitrogen and oxygen atoms in total. The summed E-state index contributed by atoms with van der Waals surface area (Å²) >= 11 is 0. The highest BCUT2D eigenvalue weighted by atomic mass is 16.5. The molecule has 0 radical (unpaired) electrons. The molecule has 3 atom stereocenters. The zero-order valence-electron chi connectivity index (χ0n) is 11.1. The number of nitrogens with one attached hydrogen (secondary N) is 1. The minimum Gasteiger partial charge on any atom is -0.508 e. The minimum absolute atomic E-state index is 0.103. The summed E-state index contributed by atoms with van der Waals surface area (Å²) < 4.78 is 5.04. The van der Waals surface area contributed by atoms with Gasteiger partial charge in [0.2, 0.25) is 0 Å². The summed E-state index contributed by atoms with van der Waals surface area (Å²) in [6, 6.07) is 5.78. The van der Waals surface area contributed by atoms with Gasteiger partial charge in [0.05, 0.1) is 13.0 Å². The molecule has 19 heavy (non-hydrogen) atoms. The summed E-state index contributed by atoms with van der Waals surface area (Å²) in [5.41, 5.74) is 2.29. The van der Waals surface area contributed by atoms with Crippen LogP contribution in [0.3, 0.4) is 0 Å². The zero-order valence-corrected chi connectivity index (χ0v) is 11.1. The molecule has 3 unspecified atom stereocenters. The summed E-state index contributed by atoms with van der Waals surface area (Å²) in [7, 11) is 0. The van der Waals surface area contributed by atoms with E-state index in [2.05, 4.69) is 5.32 Å². The first-order valence-corrected chi connectivity index (χ1v) is 6.94. The van der Waals surface area contributed by atoms with Crippen LogP contribution in [-0.4, -0.2) is 23.7 Å². The minimum atomic E-state index is -0.103. The molecule has 1 saturated carbocycles.